The fourth-order valence-corrected chi connectivity index (χ4v) is 1.34. The molecule has 0 aliphatic heterocycles. The van der Waals surface area contributed by atoms with Gasteiger partial charge in [-0.3, -0.25) is 0 Å². The molecule has 7 heteroatoms. The Bertz CT molecular complexity index is 183. The standard InChI is InChI=1S/C8H20N.5CO.W.H/c1-5-9(6-2,7-3)8-4;5*1-2;;/h5-8H2,1-4H3;;;;;;;/q+1;;;;;;;-1/i;;;;;;;1+1. The van der Waals surface area contributed by atoms with Gasteiger partial charge in [-0.2, -0.15) is 0 Å². The van der Waals surface area contributed by atoms with Crippen molar-refractivity contribution in [1.82, 2.24) is 0 Å². The van der Waals surface area contributed by atoms with Crippen LogP contribution < -0.4 is 0 Å². The summed E-state index contributed by atoms with van der Waals surface area (Å²) in [6.45, 7) is 36.7. The van der Waals surface area contributed by atoms with Gasteiger partial charge in [0.2, 0.25) is 0 Å². The number of nitrogens with zero attached hydrogens (tertiary/aromatic N) is 1. The van der Waals surface area contributed by atoms with E-state index in [1.54, 1.807) is 0 Å². The first kappa shape index (κ1) is 42.7. The van der Waals surface area contributed by atoms with Crippen molar-refractivity contribution in [2.24, 2.45) is 0 Å². The molecule has 0 aliphatic carbocycles. The van der Waals surface area contributed by atoms with Crippen LogP contribution in [0, 0.1) is 33.3 Å². The van der Waals surface area contributed by atoms with Gasteiger partial charge in [0.05, 0.1) is 26.2 Å². The molecule has 6 nitrogen and oxygen atoms in total. The molecule has 0 saturated heterocycles. The fourth-order valence-electron chi connectivity index (χ4n) is 1.34. The Hall–Kier alpha value is -0.652. The summed E-state index contributed by atoms with van der Waals surface area (Å²) in [7, 11) is 0. The topological polar surface area (TPSA) is 99.5 Å². The van der Waals surface area contributed by atoms with Crippen LogP contribution in [0.1, 0.15) is 29.1 Å². The van der Waals surface area contributed by atoms with Crippen molar-refractivity contribution in [2.75, 3.05) is 26.2 Å². The quantitative estimate of drug-likeness (QED) is 0.350. The fraction of sp³-hybridized carbons (Fsp3) is 0.615. The van der Waals surface area contributed by atoms with Crippen LogP contribution in [-0.4, -0.2) is 30.7 Å². The second-order valence-corrected chi connectivity index (χ2v) is 2.61. The molecule has 0 rings (SSSR count). The number of rotatable bonds is 4. The van der Waals surface area contributed by atoms with E-state index in [0.717, 1.165) is 0 Å². The second-order valence-electron chi connectivity index (χ2n) is 2.61. The largest absolute Gasteiger partial charge is 0 e. The molecular formula is C13H21NO5W. The zero-order valence-corrected chi connectivity index (χ0v) is 15.2. The first-order valence-corrected chi connectivity index (χ1v) is 5.11. The molecule has 0 amide bonds. The van der Waals surface area contributed by atoms with Crippen LogP contribution in [0.25, 0.3) is 0 Å². The predicted molar refractivity (Wildman–Crippen MR) is 63.2 cm³/mol. The van der Waals surface area contributed by atoms with Crippen molar-refractivity contribution in [2.45, 2.75) is 27.7 Å². The summed E-state index contributed by atoms with van der Waals surface area (Å²) >= 11 is 0. The van der Waals surface area contributed by atoms with E-state index < -0.39 is 0 Å². The molecule has 0 aromatic carbocycles. The van der Waals surface area contributed by atoms with Crippen molar-refractivity contribution >= 4 is 0 Å². The van der Waals surface area contributed by atoms with Gasteiger partial charge < -0.3 is 5.91 Å². The molecule has 0 spiro atoms. The number of hydrogen-bond donors (Lipinski definition) is 0. The van der Waals surface area contributed by atoms with Crippen molar-refractivity contribution in [3.05, 3.63) is 33.3 Å². The van der Waals surface area contributed by atoms with E-state index in [2.05, 4.69) is 60.9 Å². The molecule has 0 aromatic heterocycles. The smallest absolute Gasteiger partial charge is 0 e. The van der Waals surface area contributed by atoms with Crippen molar-refractivity contribution in [1.29, 1.82) is 0 Å². The van der Waals surface area contributed by atoms with Gasteiger partial charge in [-0.05, 0) is 27.7 Å². The zero-order valence-electron chi connectivity index (χ0n) is 13.2. The first-order valence-electron chi connectivity index (χ1n) is 5.11. The molecule has 20 heavy (non-hydrogen) atoms. The summed E-state index contributed by atoms with van der Waals surface area (Å²) in [6, 6.07) is 0. The molecule has 0 fully saturated rings. The number of hydrogen-bond acceptors (Lipinski definition) is 0. The average molecular weight is 456 g/mol. The molecule has 0 aliphatic rings. The van der Waals surface area contributed by atoms with E-state index in [-0.39, 0.29) is 22.5 Å². The third kappa shape index (κ3) is 36.0. The normalized spacial score (nSPS) is 5.90. The Morgan fingerprint density at radius 1 is 0.550 bits per heavy atom. The van der Waals surface area contributed by atoms with E-state index in [4.69, 9.17) is 23.3 Å². The van der Waals surface area contributed by atoms with E-state index in [0.29, 0.717) is 0 Å². The van der Waals surface area contributed by atoms with E-state index in [1.165, 1.54) is 30.7 Å². The molecule has 0 aromatic rings. The molecule has 0 radical (unpaired) electrons. The van der Waals surface area contributed by atoms with Gasteiger partial charge in [0.25, 0.3) is 0 Å². The zero-order chi connectivity index (χ0) is 17.3. The molecule has 0 N–H and O–H groups in total. The minimum atomic E-state index is 0. The van der Waals surface area contributed by atoms with E-state index in [9.17, 15) is 0 Å². The maximum atomic E-state index is 7.50. The third-order valence-corrected chi connectivity index (χ3v) is 2.68. The molecular weight excluding hydrogens is 434 g/mol. The summed E-state index contributed by atoms with van der Waals surface area (Å²) in [4.78, 5) is 0. The van der Waals surface area contributed by atoms with Crippen LogP contribution in [0.5, 0.6) is 0 Å². The Labute approximate surface area is 137 Å². The van der Waals surface area contributed by atoms with E-state index in [1.807, 2.05) is 0 Å². The van der Waals surface area contributed by atoms with Gasteiger partial charge in [0.1, 0.15) is 0 Å². The van der Waals surface area contributed by atoms with Crippen molar-refractivity contribution < 1.29 is 50.2 Å². The molecule has 0 unspecified atom stereocenters. The predicted octanol–water partition coefficient (Wildman–Crippen LogP) is 1.81. The SMILES string of the molecule is CC[N+](CC)(CC)CC.[2H-].[C-]#[O+].[C-]#[O+].[C-]#[O+].[C-]#[O+].[C-]#[O+].[W]. The van der Waals surface area contributed by atoms with Gasteiger partial charge in [0, 0.05) is 21.1 Å². The van der Waals surface area contributed by atoms with Crippen LogP contribution in [0.15, 0.2) is 0 Å². The Kier molecular flexibility index (Phi) is 135. The van der Waals surface area contributed by atoms with Crippen molar-refractivity contribution in [3.63, 3.8) is 0 Å². The molecule has 0 saturated carbocycles. The summed E-state index contributed by atoms with van der Waals surface area (Å²) < 4.78 is 38.8. The van der Waals surface area contributed by atoms with Gasteiger partial charge >= 0.3 is 56.5 Å². The minimum Gasteiger partial charge on any atom is 0 e. The van der Waals surface area contributed by atoms with Gasteiger partial charge in [-0.25, -0.2) is 0 Å². The van der Waals surface area contributed by atoms with Crippen LogP contribution in [0.4, 0.5) is 0 Å². The van der Waals surface area contributed by atoms with Gasteiger partial charge in [-0.1, -0.05) is 0 Å². The average Bonchev–Trinajstić information content (AvgIpc) is 2.59. The van der Waals surface area contributed by atoms with Gasteiger partial charge in [-0.15, -0.1) is 0 Å². The van der Waals surface area contributed by atoms with Crippen LogP contribution >= 0.6 is 0 Å². The van der Waals surface area contributed by atoms with Crippen LogP contribution in [0.2, 0.25) is 0 Å². The Balaban J connectivity index is -0.0000000201. The molecule has 0 bridgehead atoms. The summed E-state index contributed by atoms with van der Waals surface area (Å²) in [5.74, 6) is 0. The van der Waals surface area contributed by atoms with Gasteiger partial charge in [0.15, 0.2) is 0 Å². The second kappa shape index (κ2) is 63.2. The van der Waals surface area contributed by atoms with E-state index >= 15 is 0 Å². The monoisotopic (exact) mass is 456 g/mol. The molecule has 0 heterocycles. The minimum absolute atomic E-state index is 0. The maximum Gasteiger partial charge on any atom is 0 e. The third-order valence-electron chi connectivity index (χ3n) is 2.68. The summed E-state index contributed by atoms with van der Waals surface area (Å²) in [5.41, 5.74) is 0. The summed E-state index contributed by atoms with van der Waals surface area (Å²) in [5, 5.41) is 0. The molecule has 114 valence electrons. The van der Waals surface area contributed by atoms with Crippen LogP contribution in [-0.2, 0) is 44.3 Å². The first-order chi connectivity index (χ1) is 9.24. The maximum absolute atomic E-state index is 7.50. The van der Waals surface area contributed by atoms with Crippen LogP contribution in [0.3, 0.4) is 0 Å². The Morgan fingerprint density at radius 2 is 0.650 bits per heavy atom. The summed E-state index contributed by atoms with van der Waals surface area (Å²) in [6.07, 6.45) is 0. The van der Waals surface area contributed by atoms with Crippen molar-refractivity contribution in [3.8, 4) is 0 Å². The number of quaternary nitrogens is 1. The Morgan fingerprint density at radius 3 is 0.650 bits per heavy atom. The molecule has 0 atom stereocenters.